The molecule has 0 aromatic carbocycles. The summed E-state index contributed by atoms with van der Waals surface area (Å²) in [4.78, 5) is 37.3. The lowest BCUT2D eigenvalue weighted by Crippen LogP contribution is -2.37. The molecule has 0 spiro atoms. The zero-order valence-electron chi connectivity index (χ0n) is 31.9. The predicted molar refractivity (Wildman–Crippen MR) is 199 cm³/mol. The number of esters is 2. The number of carbonyl (C=O) groups is 2. The zero-order chi connectivity index (χ0) is 36.5. The molecule has 0 aliphatic rings. The zero-order valence-corrected chi connectivity index (χ0v) is 32.8. The van der Waals surface area contributed by atoms with Gasteiger partial charge in [-0.1, -0.05) is 115 Å². The molecule has 0 aliphatic carbocycles. The van der Waals surface area contributed by atoms with E-state index in [9.17, 15) is 19.0 Å². The second-order valence-corrected chi connectivity index (χ2v) is 15.3. The van der Waals surface area contributed by atoms with Gasteiger partial charge in [-0.3, -0.25) is 14.2 Å². The van der Waals surface area contributed by atoms with E-state index >= 15 is 0 Å². The molecular weight excluding hydrogens is 641 g/mol. The highest BCUT2D eigenvalue weighted by atomic mass is 31.2. The first-order valence-electron chi connectivity index (χ1n) is 19.2. The van der Waals surface area contributed by atoms with Crippen LogP contribution in [0.5, 0.6) is 0 Å². The fourth-order valence-electron chi connectivity index (χ4n) is 4.77. The molecule has 0 fully saturated rings. The van der Waals surface area contributed by atoms with E-state index in [1.807, 2.05) is 21.1 Å². The first kappa shape index (κ1) is 47.2. The molecule has 0 radical (unpaired) electrons. The summed E-state index contributed by atoms with van der Waals surface area (Å²) in [6.07, 6.45) is 33.1. The summed E-state index contributed by atoms with van der Waals surface area (Å²) in [5.41, 5.74) is 0. The molecule has 0 heterocycles. The van der Waals surface area contributed by atoms with Gasteiger partial charge in [-0.05, 0) is 57.8 Å². The van der Waals surface area contributed by atoms with E-state index in [0.717, 1.165) is 89.9 Å². The Hall–Kier alpha value is -1.77. The summed E-state index contributed by atoms with van der Waals surface area (Å²) in [5.74, 6) is -0.867. The van der Waals surface area contributed by atoms with Crippen LogP contribution < -0.4 is 4.89 Å². The van der Waals surface area contributed by atoms with Crippen LogP contribution in [0.25, 0.3) is 0 Å². The number of nitrogens with zero attached hydrogens (tertiary/aromatic N) is 1. The van der Waals surface area contributed by atoms with Crippen molar-refractivity contribution in [2.45, 2.75) is 155 Å². The van der Waals surface area contributed by atoms with Crippen LogP contribution in [0.4, 0.5) is 0 Å². The minimum absolute atomic E-state index is 0.0356. The third-order valence-electron chi connectivity index (χ3n) is 7.88. The van der Waals surface area contributed by atoms with Gasteiger partial charge in [0.2, 0.25) is 0 Å². The smallest absolute Gasteiger partial charge is 0.306 e. The molecular formula is C39H72NO8P. The van der Waals surface area contributed by atoms with Gasteiger partial charge in [0, 0.05) is 12.8 Å². The Bertz CT molecular complexity index is 944. The topological polar surface area (TPSA) is 111 Å². The third-order valence-corrected chi connectivity index (χ3v) is 8.85. The van der Waals surface area contributed by atoms with E-state index < -0.39 is 32.5 Å². The van der Waals surface area contributed by atoms with Crippen LogP contribution in [0.1, 0.15) is 149 Å². The Kier molecular flexibility index (Phi) is 31.0. The summed E-state index contributed by atoms with van der Waals surface area (Å²) in [6, 6.07) is 0. The molecule has 0 saturated heterocycles. The van der Waals surface area contributed by atoms with E-state index in [2.05, 4.69) is 50.3 Å². The molecule has 49 heavy (non-hydrogen) atoms. The number of unbranched alkanes of at least 4 members (excludes halogenated alkanes) is 14. The quantitative estimate of drug-likeness (QED) is 0.0213. The molecule has 0 aromatic rings. The molecule has 0 aliphatic heterocycles. The lowest BCUT2D eigenvalue weighted by molar-refractivity contribution is -0.870. The summed E-state index contributed by atoms with van der Waals surface area (Å²) in [5, 5.41) is 0. The maximum atomic E-state index is 12.6. The average Bonchev–Trinajstić information content (AvgIpc) is 3.04. The number of allylic oxidation sites excluding steroid dienone is 6. The second kappa shape index (κ2) is 32.2. The standard InChI is InChI=1S/C39H72NO8P/c1-6-8-10-12-14-16-18-19-20-22-24-26-28-30-32-39(42)48-37(36-47-49(43,44)46-34-33-40(3,4)5)35-45-38(41)31-29-27-25-23-21-17-15-13-11-9-7-2/h12-15,18-19,37H,6-11,16-17,20-36H2,1-5H3/b14-12-,15-13-,19-18-/t37-/m1/s1. The number of hydrogen-bond acceptors (Lipinski definition) is 8. The normalized spacial score (nSPS) is 14.2. The summed E-state index contributed by atoms with van der Waals surface area (Å²) >= 11 is 0. The van der Waals surface area contributed by atoms with Crippen molar-refractivity contribution in [3.63, 3.8) is 0 Å². The van der Waals surface area contributed by atoms with Crippen molar-refractivity contribution in [2.24, 2.45) is 0 Å². The summed E-state index contributed by atoms with van der Waals surface area (Å²) in [6.45, 7) is 4.09. The van der Waals surface area contributed by atoms with Gasteiger partial charge in [-0.15, -0.1) is 0 Å². The van der Waals surface area contributed by atoms with Gasteiger partial charge in [0.1, 0.15) is 19.8 Å². The van der Waals surface area contributed by atoms with E-state index in [1.54, 1.807) is 0 Å². The molecule has 0 bridgehead atoms. The van der Waals surface area contributed by atoms with Crippen LogP contribution >= 0.6 is 7.82 Å². The van der Waals surface area contributed by atoms with Crippen molar-refractivity contribution in [3.05, 3.63) is 36.5 Å². The van der Waals surface area contributed by atoms with Crippen LogP contribution in [-0.2, 0) is 32.7 Å². The Morgan fingerprint density at radius 2 is 1.10 bits per heavy atom. The van der Waals surface area contributed by atoms with Gasteiger partial charge < -0.3 is 27.9 Å². The number of hydrogen-bond donors (Lipinski definition) is 0. The van der Waals surface area contributed by atoms with Crippen LogP contribution in [0.3, 0.4) is 0 Å². The average molecular weight is 714 g/mol. The number of likely N-dealkylation sites (N-methyl/N-ethyl adjacent to an activating group) is 1. The number of quaternary nitrogens is 1. The molecule has 10 heteroatoms. The van der Waals surface area contributed by atoms with Crippen molar-refractivity contribution < 1.29 is 42.1 Å². The van der Waals surface area contributed by atoms with Gasteiger partial charge in [0.25, 0.3) is 7.82 Å². The number of phosphoric acid groups is 1. The van der Waals surface area contributed by atoms with Gasteiger partial charge >= 0.3 is 11.9 Å². The number of phosphoric ester groups is 1. The van der Waals surface area contributed by atoms with Crippen molar-refractivity contribution in [1.82, 2.24) is 0 Å². The monoisotopic (exact) mass is 713 g/mol. The molecule has 0 N–H and O–H groups in total. The van der Waals surface area contributed by atoms with Gasteiger partial charge in [-0.2, -0.15) is 0 Å². The maximum absolute atomic E-state index is 12.6. The number of carbonyl (C=O) groups excluding carboxylic acids is 2. The van der Waals surface area contributed by atoms with Gasteiger partial charge in [-0.25, -0.2) is 0 Å². The second-order valence-electron chi connectivity index (χ2n) is 13.9. The summed E-state index contributed by atoms with van der Waals surface area (Å²) in [7, 11) is 1.14. The molecule has 0 aromatic heterocycles. The van der Waals surface area contributed by atoms with Gasteiger partial charge in [0.15, 0.2) is 6.10 Å². The first-order chi connectivity index (χ1) is 23.5. The molecule has 1 unspecified atom stereocenters. The Labute approximate surface area is 300 Å². The van der Waals surface area contributed by atoms with Crippen LogP contribution in [0.2, 0.25) is 0 Å². The first-order valence-corrected chi connectivity index (χ1v) is 20.7. The Balaban J connectivity index is 4.48. The fraction of sp³-hybridized carbons (Fsp3) is 0.795. The maximum Gasteiger partial charge on any atom is 0.306 e. The highest BCUT2D eigenvalue weighted by molar-refractivity contribution is 7.45. The lowest BCUT2D eigenvalue weighted by atomic mass is 10.1. The molecule has 0 amide bonds. The number of rotatable bonds is 34. The minimum Gasteiger partial charge on any atom is -0.756 e. The Morgan fingerprint density at radius 3 is 1.63 bits per heavy atom. The molecule has 9 nitrogen and oxygen atoms in total. The van der Waals surface area contributed by atoms with Crippen LogP contribution in [0, 0.1) is 0 Å². The Morgan fingerprint density at radius 1 is 0.633 bits per heavy atom. The molecule has 0 saturated carbocycles. The van der Waals surface area contributed by atoms with Crippen molar-refractivity contribution >= 4 is 19.8 Å². The van der Waals surface area contributed by atoms with E-state index in [-0.39, 0.29) is 26.1 Å². The van der Waals surface area contributed by atoms with E-state index in [0.29, 0.717) is 17.4 Å². The van der Waals surface area contributed by atoms with Crippen molar-refractivity contribution in [2.75, 3.05) is 47.5 Å². The molecule has 286 valence electrons. The highest BCUT2D eigenvalue weighted by Gasteiger charge is 2.21. The lowest BCUT2D eigenvalue weighted by Gasteiger charge is -2.28. The van der Waals surface area contributed by atoms with Crippen molar-refractivity contribution in [3.8, 4) is 0 Å². The highest BCUT2D eigenvalue weighted by Crippen LogP contribution is 2.38. The summed E-state index contributed by atoms with van der Waals surface area (Å²) < 4.78 is 33.7. The van der Waals surface area contributed by atoms with Crippen molar-refractivity contribution in [1.29, 1.82) is 0 Å². The molecule has 2 atom stereocenters. The molecule has 0 rings (SSSR count). The SMILES string of the molecule is CCCC/C=C\C/C=C\CCCCCCCC(=O)O[C@H](COC(=O)CCCCCCC/C=C\CCCC)COP(=O)([O-])OCC[N+](C)(C)C. The predicted octanol–water partition coefficient (Wildman–Crippen LogP) is 9.55. The van der Waals surface area contributed by atoms with Gasteiger partial charge in [0.05, 0.1) is 27.7 Å². The third kappa shape index (κ3) is 35.8. The van der Waals surface area contributed by atoms with Crippen LogP contribution in [0.15, 0.2) is 36.5 Å². The largest absolute Gasteiger partial charge is 0.756 e. The minimum atomic E-state index is -4.62. The van der Waals surface area contributed by atoms with Crippen LogP contribution in [-0.4, -0.2) is 70.0 Å². The number of ether oxygens (including phenoxy) is 2. The van der Waals surface area contributed by atoms with E-state index in [1.165, 1.54) is 25.7 Å². The van der Waals surface area contributed by atoms with E-state index in [4.69, 9.17) is 18.5 Å². The fourth-order valence-corrected chi connectivity index (χ4v) is 5.50.